The summed E-state index contributed by atoms with van der Waals surface area (Å²) in [6.45, 7) is 7.01. The van der Waals surface area contributed by atoms with E-state index in [1.54, 1.807) is 6.20 Å². The van der Waals surface area contributed by atoms with Gasteiger partial charge in [-0.2, -0.15) is 10.2 Å². The van der Waals surface area contributed by atoms with Crippen molar-refractivity contribution in [3.63, 3.8) is 0 Å². The van der Waals surface area contributed by atoms with Crippen LogP contribution in [-0.4, -0.2) is 30.5 Å². The third-order valence-corrected chi connectivity index (χ3v) is 4.68. The number of rotatable bonds is 6. The standard InChI is InChI=1S/C19H24N6O/c1-4-8-25-18-15(11-20-25)14(10-16(21-18)13-5-6-13)19(26)22-17-7-9-24(23-17)12(2)3/h7,9-13H,4-6,8H2,1-3H3,(H,22,23,26). The highest BCUT2D eigenvalue weighted by atomic mass is 16.1. The molecule has 0 unspecified atom stereocenters. The van der Waals surface area contributed by atoms with Gasteiger partial charge < -0.3 is 5.32 Å². The molecule has 1 aliphatic carbocycles. The van der Waals surface area contributed by atoms with Crippen LogP contribution in [0.2, 0.25) is 0 Å². The first-order valence-electron chi connectivity index (χ1n) is 9.29. The molecule has 0 spiro atoms. The lowest BCUT2D eigenvalue weighted by Crippen LogP contribution is -2.14. The van der Waals surface area contributed by atoms with E-state index in [0.29, 0.717) is 17.3 Å². The van der Waals surface area contributed by atoms with Crippen molar-refractivity contribution < 1.29 is 4.79 Å². The molecule has 1 fully saturated rings. The molecule has 4 rings (SSSR count). The van der Waals surface area contributed by atoms with Crippen LogP contribution in [-0.2, 0) is 6.54 Å². The first-order valence-corrected chi connectivity index (χ1v) is 9.29. The molecule has 7 nitrogen and oxygen atoms in total. The van der Waals surface area contributed by atoms with Gasteiger partial charge in [0, 0.05) is 36.5 Å². The van der Waals surface area contributed by atoms with Gasteiger partial charge in [0.2, 0.25) is 0 Å². The van der Waals surface area contributed by atoms with E-state index in [1.165, 1.54) is 0 Å². The van der Waals surface area contributed by atoms with Gasteiger partial charge in [0.1, 0.15) is 0 Å². The largest absolute Gasteiger partial charge is 0.305 e. The number of carbonyl (C=O) groups excluding carboxylic acids is 1. The molecule has 0 aliphatic heterocycles. The SMILES string of the molecule is CCCn1ncc2c(C(=O)Nc3ccn(C(C)C)n3)cc(C3CC3)nc21. The van der Waals surface area contributed by atoms with Crippen molar-refractivity contribution in [3.05, 3.63) is 35.8 Å². The molecule has 3 aromatic heterocycles. The second kappa shape index (κ2) is 6.55. The molecular formula is C19H24N6O. The minimum atomic E-state index is -0.163. The highest BCUT2D eigenvalue weighted by Crippen LogP contribution is 2.40. The average molecular weight is 352 g/mol. The van der Waals surface area contributed by atoms with E-state index < -0.39 is 0 Å². The number of pyridine rings is 1. The van der Waals surface area contributed by atoms with Gasteiger partial charge in [-0.05, 0) is 39.2 Å². The highest BCUT2D eigenvalue weighted by molar-refractivity contribution is 6.11. The van der Waals surface area contributed by atoms with Gasteiger partial charge in [-0.3, -0.25) is 9.48 Å². The van der Waals surface area contributed by atoms with Crippen molar-refractivity contribution in [2.45, 2.75) is 58.5 Å². The summed E-state index contributed by atoms with van der Waals surface area (Å²) in [5.74, 6) is 0.864. The van der Waals surface area contributed by atoms with Crippen LogP contribution < -0.4 is 5.32 Å². The molecule has 3 heterocycles. The molecule has 3 aromatic rings. The lowest BCUT2D eigenvalue weighted by molar-refractivity contribution is 0.102. The third-order valence-electron chi connectivity index (χ3n) is 4.68. The maximum absolute atomic E-state index is 12.9. The molecule has 1 saturated carbocycles. The number of hydrogen-bond acceptors (Lipinski definition) is 4. The maximum atomic E-state index is 12.9. The minimum absolute atomic E-state index is 0.163. The topological polar surface area (TPSA) is 77.6 Å². The zero-order chi connectivity index (χ0) is 18.3. The van der Waals surface area contributed by atoms with E-state index in [1.807, 2.05) is 27.7 Å². The Kier molecular flexibility index (Phi) is 4.22. The predicted octanol–water partition coefficient (Wildman–Crippen LogP) is 3.75. The first-order chi connectivity index (χ1) is 12.6. The van der Waals surface area contributed by atoms with Gasteiger partial charge in [-0.15, -0.1) is 0 Å². The Morgan fingerprint density at radius 3 is 2.85 bits per heavy atom. The number of amides is 1. The number of anilines is 1. The van der Waals surface area contributed by atoms with E-state index in [2.05, 4.69) is 36.3 Å². The number of aryl methyl sites for hydroxylation is 1. The van der Waals surface area contributed by atoms with Gasteiger partial charge >= 0.3 is 0 Å². The van der Waals surface area contributed by atoms with Gasteiger partial charge in [-0.1, -0.05) is 6.92 Å². The molecule has 136 valence electrons. The van der Waals surface area contributed by atoms with Crippen LogP contribution in [0.3, 0.4) is 0 Å². The van der Waals surface area contributed by atoms with E-state index in [4.69, 9.17) is 4.98 Å². The molecule has 0 saturated heterocycles. The number of hydrogen-bond donors (Lipinski definition) is 1. The molecular weight excluding hydrogens is 328 g/mol. The number of carbonyl (C=O) groups is 1. The second-order valence-electron chi connectivity index (χ2n) is 7.20. The summed E-state index contributed by atoms with van der Waals surface area (Å²) in [6.07, 6.45) is 6.87. The molecule has 7 heteroatoms. The Bertz CT molecular complexity index is 950. The van der Waals surface area contributed by atoms with Crippen LogP contribution in [0.1, 0.15) is 68.0 Å². The van der Waals surface area contributed by atoms with Crippen molar-refractivity contribution in [1.29, 1.82) is 0 Å². The Hall–Kier alpha value is -2.70. The van der Waals surface area contributed by atoms with Crippen LogP contribution in [0.4, 0.5) is 5.82 Å². The molecule has 1 amide bonds. The zero-order valence-electron chi connectivity index (χ0n) is 15.4. The van der Waals surface area contributed by atoms with Crippen molar-refractivity contribution in [2.24, 2.45) is 0 Å². The van der Waals surface area contributed by atoms with Gasteiger partial charge in [0.15, 0.2) is 11.5 Å². The lowest BCUT2D eigenvalue weighted by Gasteiger charge is -2.08. The number of aromatic nitrogens is 5. The summed E-state index contributed by atoms with van der Waals surface area (Å²) in [5, 5.41) is 12.6. The summed E-state index contributed by atoms with van der Waals surface area (Å²) in [6, 6.07) is 3.99. The zero-order valence-corrected chi connectivity index (χ0v) is 15.4. The Balaban J connectivity index is 1.70. The summed E-state index contributed by atoms with van der Waals surface area (Å²) < 4.78 is 3.72. The summed E-state index contributed by atoms with van der Waals surface area (Å²) in [5.41, 5.74) is 2.42. The van der Waals surface area contributed by atoms with Gasteiger partial charge in [0.25, 0.3) is 5.91 Å². The Morgan fingerprint density at radius 2 is 2.19 bits per heavy atom. The first kappa shape index (κ1) is 16.8. The van der Waals surface area contributed by atoms with E-state index in [9.17, 15) is 4.79 Å². The lowest BCUT2D eigenvalue weighted by atomic mass is 10.1. The van der Waals surface area contributed by atoms with E-state index >= 15 is 0 Å². The summed E-state index contributed by atoms with van der Waals surface area (Å²) >= 11 is 0. The predicted molar refractivity (Wildman–Crippen MR) is 100 cm³/mol. The van der Waals surface area contributed by atoms with Crippen molar-refractivity contribution in [2.75, 3.05) is 5.32 Å². The third kappa shape index (κ3) is 3.09. The summed E-state index contributed by atoms with van der Waals surface area (Å²) in [4.78, 5) is 17.7. The Morgan fingerprint density at radius 1 is 1.38 bits per heavy atom. The van der Waals surface area contributed by atoms with Crippen LogP contribution in [0.25, 0.3) is 11.0 Å². The van der Waals surface area contributed by atoms with Gasteiger partial charge in [0.05, 0.1) is 17.1 Å². The van der Waals surface area contributed by atoms with Crippen molar-refractivity contribution >= 4 is 22.8 Å². The van der Waals surface area contributed by atoms with Crippen molar-refractivity contribution in [1.82, 2.24) is 24.5 Å². The normalized spacial score (nSPS) is 14.3. The molecule has 1 N–H and O–H groups in total. The fraction of sp³-hybridized carbons (Fsp3) is 0.474. The molecule has 0 atom stereocenters. The quantitative estimate of drug-likeness (QED) is 0.733. The van der Waals surface area contributed by atoms with Gasteiger partial charge in [-0.25, -0.2) is 9.67 Å². The van der Waals surface area contributed by atoms with Crippen LogP contribution >= 0.6 is 0 Å². The molecule has 0 bridgehead atoms. The van der Waals surface area contributed by atoms with Crippen LogP contribution in [0, 0.1) is 0 Å². The molecule has 0 radical (unpaired) electrons. The van der Waals surface area contributed by atoms with Crippen LogP contribution in [0.15, 0.2) is 24.5 Å². The smallest absolute Gasteiger partial charge is 0.257 e. The second-order valence-corrected chi connectivity index (χ2v) is 7.20. The number of fused-ring (bicyclic) bond motifs is 1. The van der Waals surface area contributed by atoms with E-state index in [-0.39, 0.29) is 11.9 Å². The number of nitrogens with zero attached hydrogens (tertiary/aromatic N) is 5. The molecule has 0 aromatic carbocycles. The van der Waals surface area contributed by atoms with Crippen molar-refractivity contribution in [3.8, 4) is 0 Å². The fourth-order valence-electron chi connectivity index (χ4n) is 3.09. The monoisotopic (exact) mass is 352 g/mol. The van der Waals surface area contributed by atoms with E-state index in [0.717, 1.165) is 42.5 Å². The fourth-order valence-corrected chi connectivity index (χ4v) is 3.09. The average Bonchev–Trinajstić information content (AvgIpc) is 3.24. The number of nitrogens with one attached hydrogen (secondary N) is 1. The molecule has 26 heavy (non-hydrogen) atoms. The Labute approximate surface area is 152 Å². The maximum Gasteiger partial charge on any atom is 0.257 e. The summed E-state index contributed by atoms with van der Waals surface area (Å²) in [7, 11) is 0. The highest BCUT2D eigenvalue weighted by Gasteiger charge is 2.28. The minimum Gasteiger partial charge on any atom is -0.305 e. The van der Waals surface area contributed by atoms with Crippen LogP contribution in [0.5, 0.6) is 0 Å². The molecule has 1 aliphatic rings.